The van der Waals surface area contributed by atoms with Crippen molar-refractivity contribution in [3.8, 4) is 18.1 Å². The van der Waals surface area contributed by atoms with Crippen molar-refractivity contribution in [3.63, 3.8) is 0 Å². The first-order chi connectivity index (χ1) is 9.76. The van der Waals surface area contributed by atoms with Crippen molar-refractivity contribution < 1.29 is 4.74 Å². The second kappa shape index (κ2) is 5.60. The molecule has 0 amide bonds. The minimum Gasteiger partial charge on any atom is -0.493 e. The number of terminal acetylenes is 1. The molecule has 1 N–H and O–H groups in total. The standard InChI is InChI=1S/C17H14BrNO/c1-2-12-4-3-5-16(8-12)19-11-14-10-15(18)9-13-6-7-20-17(13)14/h1,3-5,8-10,19H,6-7,11H2. The van der Waals surface area contributed by atoms with Gasteiger partial charge in [0.2, 0.25) is 0 Å². The summed E-state index contributed by atoms with van der Waals surface area (Å²) in [4.78, 5) is 0. The lowest BCUT2D eigenvalue weighted by Crippen LogP contribution is -2.02. The molecule has 0 radical (unpaired) electrons. The Morgan fingerprint density at radius 1 is 1.30 bits per heavy atom. The number of anilines is 1. The van der Waals surface area contributed by atoms with Crippen LogP contribution in [0.4, 0.5) is 5.69 Å². The summed E-state index contributed by atoms with van der Waals surface area (Å²) in [5, 5.41) is 3.40. The smallest absolute Gasteiger partial charge is 0.127 e. The summed E-state index contributed by atoms with van der Waals surface area (Å²) in [6.45, 7) is 1.49. The van der Waals surface area contributed by atoms with Crippen molar-refractivity contribution in [1.29, 1.82) is 0 Å². The fourth-order valence-corrected chi connectivity index (χ4v) is 2.95. The van der Waals surface area contributed by atoms with Crippen molar-refractivity contribution in [2.75, 3.05) is 11.9 Å². The monoisotopic (exact) mass is 327 g/mol. The predicted molar refractivity (Wildman–Crippen MR) is 85.0 cm³/mol. The molecule has 2 aromatic rings. The van der Waals surface area contributed by atoms with Crippen LogP contribution in [0.1, 0.15) is 16.7 Å². The number of ether oxygens (including phenoxy) is 1. The Bertz CT molecular complexity index is 688. The largest absolute Gasteiger partial charge is 0.493 e. The first-order valence-electron chi connectivity index (χ1n) is 6.51. The maximum absolute atomic E-state index is 5.72. The van der Waals surface area contributed by atoms with Crippen molar-refractivity contribution in [1.82, 2.24) is 0 Å². The van der Waals surface area contributed by atoms with Gasteiger partial charge < -0.3 is 10.1 Å². The van der Waals surface area contributed by atoms with Gasteiger partial charge in [0, 0.05) is 34.3 Å². The zero-order valence-corrected chi connectivity index (χ0v) is 12.5. The van der Waals surface area contributed by atoms with Gasteiger partial charge in [-0.1, -0.05) is 27.9 Å². The molecule has 20 heavy (non-hydrogen) atoms. The average molecular weight is 328 g/mol. The number of rotatable bonds is 3. The minimum absolute atomic E-state index is 0.718. The second-order valence-corrected chi connectivity index (χ2v) is 5.65. The fraction of sp³-hybridized carbons (Fsp3) is 0.176. The second-order valence-electron chi connectivity index (χ2n) is 4.73. The topological polar surface area (TPSA) is 21.3 Å². The van der Waals surface area contributed by atoms with E-state index >= 15 is 0 Å². The molecule has 2 nitrogen and oxygen atoms in total. The van der Waals surface area contributed by atoms with E-state index in [1.807, 2.05) is 24.3 Å². The maximum atomic E-state index is 5.72. The summed E-state index contributed by atoms with van der Waals surface area (Å²) in [7, 11) is 0. The van der Waals surface area contributed by atoms with E-state index in [4.69, 9.17) is 11.2 Å². The van der Waals surface area contributed by atoms with E-state index < -0.39 is 0 Å². The molecule has 0 spiro atoms. The normalized spacial score (nSPS) is 12.4. The molecule has 100 valence electrons. The third-order valence-electron chi connectivity index (χ3n) is 3.34. The maximum Gasteiger partial charge on any atom is 0.127 e. The van der Waals surface area contributed by atoms with Gasteiger partial charge in [0.05, 0.1) is 6.61 Å². The highest BCUT2D eigenvalue weighted by Gasteiger charge is 2.17. The van der Waals surface area contributed by atoms with Crippen LogP contribution in [-0.2, 0) is 13.0 Å². The van der Waals surface area contributed by atoms with Crippen LogP contribution >= 0.6 is 15.9 Å². The van der Waals surface area contributed by atoms with Gasteiger partial charge in [-0.25, -0.2) is 0 Å². The Labute approximate surface area is 127 Å². The van der Waals surface area contributed by atoms with Gasteiger partial charge >= 0.3 is 0 Å². The molecule has 3 rings (SSSR count). The first-order valence-corrected chi connectivity index (χ1v) is 7.30. The molecule has 0 saturated heterocycles. The highest BCUT2D eigenvalue weighted by atomic mass is 79.9. The molecule has 0 atom stereocenters. The fourth-order valence-electron chi connectivity index (χ4n) is 2.39. The van der Waals surface area contributed by atoms with Crippen LogP contribution in [-0.4, -0.2) is 6.61 Å². The third-order valence-corrected chi connectivity index (χ3v) is 3.80. The zero-order valence-electron chi connectivity index (χ0n) is 10.9. The Morgan fingerprint density at radius 2 is 2.20 bits per heavy atom. The minimum atomic E-state index is 0.718. The first kappa shape index (κ1) is 13.1. The summed E-state index contributed by atoms with van der Waals surface area (Å²) in [6, 6.07) is 12.1. The SMILES string of the molecule is C#Cc1cccc(NCc2cc(Br)cc3c2OCC3)c1. The molecule has 0 bridgehead atoms. The van der Waals surface area contributed by atoms with Gasteiger partial charge in [0.1, 0.15) is 5.75 Å². The molecule has 1 aliphatic rings. The van der Waals surface area contributed by atoms with Gasteiger partial charge in [0.15, 0.2) is 0 Å². The van der Waals surface area contributed by atoms with Crippen LogP contribution in [0.3, 0.4) is 0 Å². The summed E-state index contributed by atoms with van der Waals surface area (Å²) in [5.74, 6) is 3.67. The number of fused-ring (bicyclic) bond motifs is 1. The Balaban J connectivity index is 1.80. The Morgan fingerprint density at radius 3 is 3.05 bits per heavy atom. The highest BCUT2D eigenvalue weighted by Crippen LogP contribution is 2.33. The number of halogens is 1. The van der Waals surface area contributed by atoms with Crippen molar-refractivity contribution in [3.05, 3.63) is 57.6 Å². The van der Waals surface area contributed by atoms with E-state index in [2.05, 4.69) is 39.3 Å². The van der Waals surface area contributed by atoms with E-state index in [0.717, 1.165) is 46.6 Å². The lowest BCUT2D eigenvalue weighted by Gasteiger charge is -2.11. The molecule has 0 saturated carbocycles. The average Bonchev–Trinajstić information content (AvgIpc) is 2.93. The summed E-state index contributed by atoms with van der Waals surface area (Å²) in [6.07, 6.45) is 6.40. The van der Waals surface area contributed by atoms with Crippen molar-refractivity contribution in [2.45, 2.75) is 13.0 Å². The van der Waals surface area contributed by atoms with Gasteiger partial charge in [-0.2, -0.15) is 0 Å². The van der Waals surface area contributed by atoms with Gasteiger partial charge in [-0.3, -0.25) is 0 Å². The zero-order chi connectivity index (χ0) is 13.9. The highest BCUT2D eigenvalue weighted by molar-refractivity contribution is 9.10. The van der Waals surface area contributed by atoms with Crippen LogP contribution < -0.4 is 10.1 Å². The van der Waals surface area contributed by atoms with E-state index in [1.165, 1.54) is 5.56 Å². The molecule has 0 fully saturated rings. The van der Waals surface area contributed by atoms with Crippen LogP contribution in [0, 0.1) is 12.3 Å². The quantitative estimate of drug-likeness (QED) is 0.861. The summed E-state index contributed by atoms with van der Waals surface area (Å²) in [5.41, 5.74) is 4.34. The van der Waals surface area contributed by atoms with Gasteiger partial charge in [-0.15, -0.1) is 6.42 Å². The molecule has 0 unspecified atom stereocenters. The predicted octanol–water partition coefficient (Wildman–Crippen LogP) is 3.98. The van der Waals surface area contributed by atoms with Crippen LogP contribution in [0.2, 0.25) is 0 Å². The lowest BCUT2D eigenvalue weighted by atomic mass is 10.1. The van der Waals surface area contributed by atoms with Gasteiger partial charge in [0.25, 0.3) is 0 Å². The number of hydrogen-bond acceptors (Lipinski definition) is 2. The van der Waals surface area contributed by atoms with Crippen LogP contribution in [0.25, 0.3) is 0 Å². The molecule has 3 heteroatoms. The van der Waals surface area contributed by atoms with E-state index in [0.29, 0.717) is 0 Å². The van der Waals surface area contributed by atoms with Crippen LogP contribution in [0.15, 0.2) is 40.9 Å². The number of hydrogen-bond donors (Lipinski definition) is 1. The third kappa shape index (κ3) is 2.66. The van der Waals surface area contributed by atoms with Crippen LogP contribution in [0.5, 0.6) is 5.75 Å². The molecule has 1 aliphatic heterocycles. The van der Waals surface area contributed by atoms with Gasteiger partial charge in [-0.05, 0) is 35.9 Å². The molecule has 1 heterocycles. The summed E-state index contributed by atoms with van der Waals surface area (Å²) >= 11 is 3.55. The molecular weight excluding hydrogens is 314 g/mol. The van der Waals surface area contributed by atoms with Crippen molar-refractivity contribution >= 4 is 21.6 Å². The van der Waals surface area contributed by atoms with E-state index in [-0.39, 0.29) is 0 Å². The van der Waals surface area contributed by atoms with E-state index in [1.54, 1.807) is 0 Å². The number of nitrogens with one attached hydrogen (secondary N) is 1. The Kier molecular flexibility index (Phi) is 3.66. The van der Waals surface area contributed by atoms with Crippen molar-refractivity contribution in [2.24, 2.45) is 0 Å². The molecule has 2 aromatic carbocycles. The lowest BCUT2D eigenvalue weighted by molar-refractivity contribution is 0.354. The Hall–Kier alpha value is -1.92. The molecule has 0 aliphatic carbocycles. The number of benzene rings is 2. The summed E-state index contributed by atoms with van der Waals surface area (Å²) < 4.78 is 6.82. The molecular formula is C17H14BrNO. The van der Waals surface area contributed by atoms with E-state index in [9.17, 15) is 0 Å². The molecule has 0 aromatic heterocycles.